The van der Waals surface area contributed by atoms with Crippen molar-refractivity contribution in [2.75, 3.05) is 6.67 Å². The molecule has 21 heavy (non-hydrogen) atoms. The quantitative estimate of drug-likeness (QED) is 0.799. The number of nitrogens with one attached hydrogen (secondary N) is 1. The molecule has 3 rings (SSSR count). The van der Waals surface area contributed by atoms with Gasteiger partial charge >= 0.3 is 0 Å². The van der Waals surface area contributed by atoms with E-state index >= 15 is 0 Å². The second-order valence-electron chi connectivity index (χ2n) is 4.51. The van der Waals surface area contributed by atoms with Crippen LogP contribution in [0.15, 0.2) is 41.3 Å². The summed E-state index contributed by atoms with van der Waals surface area (Å²) in [5.41, 5.74) is 1.60. The first kappa shape index (κ1) is 13.1. The molecule has 1 aromatic carbocycles. The summed E-state index contributed by atoms with van der Waals surface area (Å²) in [6, 6.07) is 11.1. The molecule has 0 aliphatic rings. The summed E-state index contributed by atoms with van der Waals surface area (Å²) in [4.78, 5) is 16.9. The SMILES string of the molecule is N#Cc1c[nH]n2c(=O)c(CCF)c(-c3ccccc3)nc12. The second-order valence-corrected chi connectivity index (χ2v) is 4.51. The Bertz CT molecular complexity index is 890. The number of nitrogens with zero attached hydrogens (tertiary/aromatic N) is 3. The van der Waals surface area contributed by atoms with Crippen molar-refractivity contribution in [1.82, 2.24) is 14.6 Å². The van der Waals surface area contributed by atoms with Crippen LogP contribution >= 0.6 is 0 Å². The summed E-state index contributed by atoms with van der Waals surface area (Å²) in [5, 5.41) is 11.7. The Kier molecular flexibility index (Phi) is 3.24. The Hall–Kier alpha value is -2.94. The van der Waals surface area contributed by atoms with Crippen molar-refractivity contribution in [2.45, 2.75) is 6.42 Å². The molecule has 0 bridgehead atoms. The number of nitriles is 1. The van der Waals surface area contributed by atoms with Crippen LogP contribution in [-0.4, -0.2) is 21.3 Å². The second kappa shape index (κ2) is 5.21. The molecule has 0 aliphatic carbocycles. The van der Waals surface area contributed by atoms with E-state index in [4.69, 9.17) is 5.26 Å². The summed E-state index contributed by atoms with van der Waals surface area (Å²) < 4.78 is 14.0. The number of H-pyrrole nitrogens is 1. The van der Waals surface area contributed by atoms with E-state index in [-0.39, 0.29) is 23.2 Å². The van der Waals surface area contributed by atoms with Crippen LogP contribution in [0.3, 0.4) is 0 Å². The molecule has 2 aromatic heterocycles. The minimum Gasteiger partial charge on any atom is -0.295 e. The third kappa shape index (κ3) is 2.09. The predicted molar refractivity (Wildman–Crippen MR) is 75.6 cm³/mol. The number of hydrogen-bond donors (Lipinski definition) is 1. The number of aromatic nitrogens is 3. The average molecular weight is 282 g/mol. The summed E-state index contributed by atoms with van der Waals surface area (Å²) in [7, 11) is 0. The molecular formula is C15H11FN4O. The summed E-state index contributed by atoms with van der Waals surface area (Å²) in [5.74, 6) is 0. The van der Waals surface area contributed by atoms with Gasteiger partial charge in [-0.25, -0.2) is 9.50 Å². The number of hydrogen-bond acceptors (Lipinski definition) is 3. The van der Waals surface area contributed by atoms with Crippen LogP contribution in [0, 0.1) is 11.3 Å². The third-order valence-corrected chi connectivity index (χ3v) is 3.27. The van der Waals surface area contributed by atoms with Crippen molar-refractivity contribution in [3.63, 3.8) is 0 Å². The van der Waals surface area contributed by atoms with Crippen LogP contribution in [0.25, 0.3) is 16.9 Å². The Labute approximate surface area is 119 Å². The first-order valence-corrected chi connectivity index (χ1v) is 6.40. The first-order valence-electron chi connectivity index (χ1n) is 6.40. The fourth-order valence-corrected chi connectivity index (χ4v) is 2.29. The molecular weight excluding hydrogens is 271 g/mol. The summed E-state index contributed by atoms with van der Waals surface area (Å²) in [6.45, 7) is -0.644. The van der Waals surface area contributed by atoms with E-state index in [0.717, 1.165) is 5.56 Å². The van der Waals surface area contributed by atoms with Crippen molar-refractivity contribution in [2.24, 2.45) is 0 Å². The van der Waals surface area contributed by atoms with Gasteiger partial charge in [-0.1, -0.05) is 30.3 Å². The Morgan fingerprint density at radius 3 is 2.76 bits per heavy atom. The monoisotopic (exact) mass is 282 g/mol. The van der Waals surface area contributed by atoms with E-state index < -0.39 is 6.67 Å². The zero-order chi connectivity index (χ0) is 14.8. The van der Waals surface area contributed by atoms with Crippen molar-refractivity contribution in [3.05, 3.63) is 58.0 Å². The van der Waals surface area contributed by atoms with Crippen LogP contribution in [-0.2, 0) is 6.42 Å². The maximum atomic E-state index is 12.8. The van der Waals surface area contributed by atoms with Crippen molar-refractivity contribution in [3.8, 4) is 17.3 Å². The Morgan fingerprint density at radius 1 is 1.33 bits per heavy atom. The largest absolute Gasteiger partial charge is 0.295 e. The van der Waals surface area contributed by atoms with Crippen LogP contribution in [0.2, 0.25) is 0 Å². The standard InChI is InChI=1S/C15H11FN4O/c16-7-6-12-13(10-4-2-1-3-5-10)19-14-11(8-17)9-18-20(14)15(12)21/h1-5,9,18H,6-7H2. The van der Waals surface area contributed by atoms with Gasteiger partial charge in [0.25, 0.3) is 5.56 Å². The van der Waals surface area contributed by atoms with E-state index in [1.807, 2.05) is 24.3 Å². The minimum absolute atomic E-state index is 0.0140. The highest BCUT2D eigenvalue weighted by Gasteiger charge is 2.17. The zero-order valence-electron chi connectivity index (χ0n) is 11.0. The highest BCUT2D eigenvalue weighted by molar-refractivity contribution is 5.67. The van der Waals surface area contributed by atoms with E-state index in [1.54, 1.807) is 12.1 Å². The number of aromatic amines is 1. The van der Waals surface area contributed by atoms with Crippen molar-refractivity contribution >= 4 is 5.65 Å². The Morgan fingerprint density at radius 2 is 2.10 bits per heavy atom. The van der Waals surface area contributed by atoms with E-state index in [1.165, 1.54) is 10.7 Å². The van der Waals surface area contributed by atoms with Crippen molar-refractivity contribution < 1.29 is 4.39 Å². The highest BCUT2D eigenvalue weighted by Crippen LogP contribution is 2.21. The van der Waals surface area contributed by atoms with Gasteiger partial charge in [0.05, 0.1) is 12.4 Å². The number of benzene rings is 1. The molecule has 5 nitrogen and oxygen atoms in total. The molecule has 3 aromatic rings. The van der Waals surface area contributed by atoms with Gasteiger partial charge in [0.1, 0.15) is 11.6 Å². The van der Waals surface area contributed by atoms with Crippen LogP contribution in [0.4, 0.5) is 4.39 Å². The van der Waals surface area contributed by atoms with Gasteiger partial charge < -0.3 is 0 Å². The normalized spacial score (nSPS) is 10.7. The van der Waals surface area contributed by atoms with Gasteiger partial charge in [-0.15, -0.1) is 0 Å². The maximum Gasteiger partial charge on any atom is 0.276 e. The number of halogens is 1. The number of fused-ring (bicyclic) bond motifs is 1. The smallest absolute Gasteiger partial charge is 0.276 e. The van der Waals surface area contributed by atoms with Gasteiger partial charge in [0.2, 0.25) is 0 Å². The lowest BCUT2D eigenvalue weighted by molar-refractivity contribution is 0.493. The van der Waals surface area contributed by atoms with E-state index in [2.05, 4.69) is 10.1 Å². The van der Waals surface area contributed by atoms with Crippen LogP contribution in [0.1, 0.15) is 11.1 Å². The third-order valence-electron chi connectivity index (χ3n) is 3.27. The first-order chi connectivity index (χ1) is 10.3. The molecule has 0 spiro atoms. The van der Waals surface area contributed by atoms with Crippen LogP contribution in [0.5, 0.6) is 0 Å². The number of rotatable bonds is 3. The van der Waals surface area contributed by atoms with Gasteiger partial charge in [0.15, 0.2) is 5.65 Å². The van der Waals surface area contributed by atoms with Gasteiger partial charge in [0, 0.05) is 23.7 Å². The van der Waals surface area contributed by atoms with Gasteiger partial charge in [-0.3, -0.25) is 14.3 Å². The molecule has 0 atom stereocenters. The molecule has 1 N–H and O–H groups in total. The lowest BCUT2D eigenvalue weighted by Gasteiger charge is -2.07. The fourth-order valence-electron chi connectivity index (χ4n) is 2.29. The minimum atomic E-state index is -0.644. The highest BCUT2D eigenvalue weighted by atomic mass is 19.1. The Balaban J connectivity index is 2.38. The van der Waals surface area contributed by atoms with Crippen LogP contribution < -0.4 is 5.56 Å². The maximum absolute atomic E-state index is 12.8. The fraction of sp³-hybridized carbons (Fsp3) is 0.133. The molecule has 6 heteroatoms. The molecule has 0 aliphatic heterocycles. The molecule has 0 amide bonds. The molecule has 0 saturated heterocycles. The topological polar surface area (TPSA) is 73.9 Å². The molecule has 0 saturated carbocycles. The van der Waals surface area contributed by atoms with E-state index in [9.17, 15) is 9.18 Å². The molecule has 0 unspecified atom stereocenters. The predicted octanol–water partition coefficient (Wildman–Crippen LogP) is 2.07. The lowest BCUT2D eigenvalue weighted by Crippen LogP contribution is -2.22. The zero-order valence-corrected chi connectivity index (χ0v) is 11.0. The molecule has 104 valence electrons. The number of alkyl halides is 1. The van der Waals surface area contributed by atoms with Crippen molar-refractivity contribution in [1.29, 1.82) is 5.26 Å². The molecule has 0 fully saturated rings. The van der Waals surface area contributed by atoms with Gasteiger partial charge in [-0.2, -0.15) is 5.26 Å². The average Bonchev–Trinajstić information content (AvgIpc) is 2.94. The molecule has 2 heterocycles. The lowest BCUT2D eigenvalue weighted by atomic mass is 10.1. The summed E-state index contributed by atoms with van der Waals surface area (Å²) >= 11 is 0. The van der Waals surface area contributed by atoms with E-state index in [0.29, 0.717) is 11.3 Å². The molecule has 0 radical (unpaired) electrons. The van der Waals surface area contributed by atoms with Gasteiger partial charge in [-0.05, 0) is 0 Å². The summed E-state index contributed by atoms with van der Waals surface area (Å²) in [6.07, 6.45) is 1.40.